The number of ether oxygens (including phenoxy) is 2. The van der Waals surface area contributed by atoms with Crippen molar-refractivity contribution >= 4 is 17.6 Å². The highest BCUT2D eigenvalue weighted by Crippen LogP contribution is 2.20. The zero-order valence-corrected chi connectivity index (χ0v) is 16.1. The summed E-state index contributed by atoms with van der Waals surface area (Å²) >= 11 is 0. The molecule has 28 heavy (non-hydrogen) atoms. The number of anilines is 1. The van der Waals surface area contributed by atoms with Crippen molar-refractivity contribution in [3.8, 4) is 5.75 Å². The van der Waals surface area contributed by atoms with E-state index in [0.29, 0.717) is 5.76 Å². The van der Waals surface area contributed by atoms with Gasteiger partial charge in [0.25, 0.3) is 5.91 Å². The van der Waals surface area contributed by atoms with Crippen LogP contribution in [0.15, 0.2) is 40.9 Å². The standard InChI is InChI=1S/C20H21N3O5/c1-12-7-13(2)9-15(8-12)27-11-14-5-6-17(28-14)19(24)21-16-10-23(3)22-18(16)20(25)26-4/h5-10H,11H2,1-4H3,(H,21,24). The number of furan rings is 1. The second kappa shape index (κ2) is 7.99. The van der Waals surface area contributed by atoms with Crippen molar-refractivity contribution in [3.63, 3.8) is 0 Å². The van der Waals surface area contributed by atoms with Gasteiger partial charge in [0.05, 0.1) is 12.8 Å². The number of amides is 1. The molecule has 0 radical (unpaired) electrons. The summed E-state index contributed by atoms with van der Waals surface area (Å²) in [5.74, 6) is 0.189. The predicted molar refractivity (Wildman–Crippen MR) is 101 cm³/mol. The van der Waals surface area contributed by atoms with E-state index in [0.717, 1.165) is 16.9 Å². The van der Waals surface area contributed by atoms with E-state index in [2.05, 4.69) is 21.2 Å². The first-order valence-corrected chi connectivity index (χ1v) is 8.59. The predicted octanol–water partition coefficient (Wildman–Crippen LogP) is 3.25. The molecule has 0 saturated heterocycles. The Morgan fingerprint density at radius 3 is 2.57 bits per heavy atom. The molecule has 146 valence electrons. The van der Waals surface area contributed by atoms with Gasteiger partial charge in [0, 0.05) is 13.2 Å². The van der Waals surface area contributed by atoms with Crippen LogP contribution in [0.3, 0.4) is 0 Å². The molecule has 1 amide bonds. The molecule has 0 fully saturated rings. The Hall–Kier alpha value is -3.55. The van der Waals surface area contributed by atoms with Crippen molar-refractivity contribution in [2.24, 2.45) is 7.05 Å². The summed E-state index contributed by atoms with van der Waals surface area (Å²) in [4.78, 5) is 24.2. The molecule has 0 aliphatic carbocycles. The number of hydrogen-bond acceptors (Lipinski definition) is 6. The van der Waals surface area contributed by atoms with Gasteiger partial charge >= 0.3 is 5.97 Å². The average Bonchev–Trinajstić information content (AvgIpc) is 3.25. The third-order valence-electron chi connectivity index (χ3n) is 3.92. The smallest absolute Gasteiger partial charge is 0.360 e. The molecule has 0 saturated carbocycles. The van der Waals surface area contributed by atoms with E-state index < -0.39 is 11.9 Å². The van der Waals surface area contributed by atoms with Gasteiger partial charge in [0.1, 0.15) is 18.1 Å². The minimum atomic E-state index is -0.641. The van der Waals surface area contributed by atoms with Crippen LogP contribution in [0.25, 0.3) is 0 Å². The zero-order chi connectivity index (χ0) is 20.3. The summed E-state index contributed by atoms with van der Waals surface area (Å²) < 4.78 is 17.4. The van der Waals surface area contributed by atoms with Crippen molar-refractivity contribution in [3.05, 3.63) is 64.9 Å². The van der Waals surface area contributed by atoms with E-state index in [1.807, 2.05) is 26.0 Å². The summed E-state index contributed by atoms with van der Waals surface area (Å²) in [5.41, 5.74) is 2.46. The van der Waals surface area contributed by atoms with E-state index in [4.69, 9.17) is 9.15 Å². The molecule has 8 nitrogen and oxygen atoms in total. The van der Waals surface area contributed by atoms with Gasteiger partial charge in [0.15, 0.2) is 11.5 Å². The molecule has 0 spiro atoms. The van der Waals surface area contributed by atoms with Crippen LogP contribution in [0.2, 0.25) is 0 Å². The highest BCUT2D eigenvalue weighted by molar-refractivity contribution is 6.05. The minimum absolute atomic E-state index is 0.0169. The number of methoxy groups -OCH3 is 1. The molecule has 1 N–H and O–H groups in total. The maximum Gasteiger partial charge on any atom is 0.360 e. The third kappa shape index (κ3) is 4.40. The van der Waals surface area contributed by atoms with Crippen LogP contribution in [0.5, 0.6) is 5.75 Å². The molecule has 3 rings (SSSR count). The SMILES string of the molecule is COC(=O)c1nn(C)cc1NC(=O)c1ccc(COc2cc(C)cc(C)c2)o1. The van der Waals surface area contributed by atoms with Crippen LogP contribution in [0.4, 0.5) is 5.69 Å². The summed E-state index contributed by atoms with van der Waals surface area (Å²) in [6.45, 7) is 4.18. The number of carbonyl (C=O) groups excluding carboxylic acids is 2. The second-order valence-electron chi connectivity index (χ2n) is 6.39. The van der Waals surface area contributed by atoms with Gasteiger partial charge in [-0.25, -0.2) is 4.79 Å². The van der Waals surface area contributed by atoms with E-state index in [-0.39, 0.29) is 23.7 Å². The van der Waals surface area contributed by atoms with Crippen LogP contribution >= 0.6 is 0 Å². The van der Waals surface area contributed by atoms with Gasteiger partial charge in [-0.15, -0.1) is 0 Å². The highest BCUT2D eigenvalue weighted by atomic mass is 16.5. The van der Waals surface area contributed by atoms with Crippen molar-refractivity contribution in [1.82, 2.24) is 9.78 Å². The Balaban J connectivity index is 1.67. The fourth-order valence-corrected chi connectivity index (χ4v) is 2.76. The monoisotopic (exact) mass is 383 g/mol. The molecule has 8 heteroatoms. The van der Waals surface area contributed by atoms with E-state index in [1.165, 1.54) is 18.0 Å². The maximum atomic E-state index is 12.4. The Kier molecular flexibility index (Phi) is 5.49. The van der Waals surface area contributed by atoms with Gasteiger partial charge in [-0.2, -0.15) is 5.10 Å². The lowest BCUT2D eigenvalue weighted by molar-refractivity contribution is 0.0594. The Labute approximate surface area is 162 Å². The first-order chi connectivity index (χ1) is 13.4. The second-order valence-corrected chi connectivity index (χ2v) is 6.39. The quantitative estimate of drug-likeness (QED) is 0.657. The number of nitrogens with zero attached hydrogens (tertiary/aromatic N) is 2. The van der Waals surface area contributed by atoms with Gasteiger partial charge in [-0.05, 0) is 49.2 Å². The van der Waals surface area contributed by atoms with Crippen LogP contribution in [0, 0.1) is 13.8 Å². The van der Waals surface area contributed by atoms with Crippen LogP contribution in [-0.4, -0.2) is 28.8 Å². The summed E-state index contributed by atoms with van der Waals surface area (Å²) in [6, 6.07) is 9.13. The van der Waals surface area contributed by atoms with Gasteiger partial charge < -0.3 is 19.2 Å². The number of hydrogen-bond donors (Lipinski definition) is 1. The van der Waals surface area contributed by atoms with Crippen LogP contribution in [-0.2, 0) is 18.4 Å². The number of nitrogens with one attached hydrogen (secondary N) is 1. The van der Waals surface area contributed by atoms with Gasteiger partial charge in [-0.1, -0.05) is 6.07 Å². The topological polar surface area (TPSA) is 95.6 Å². The number of benzene rings is 1. The lowest BCUT2D eigenvalue weighted by Crippen LogP contribution is -2.14. The van der Waals surface area contributed by atoms with Gasteiger partial charge in [-0.3, -0.25) is 9.48 Å². The van der Waals surface area contributed by atoms with E-state index in [9.17, 15) is 9.59 Å². The van der Waals surface area contributed by atoms with Crippen molar-refractivity contribution in [1.29, 1.82) is 0 Å². The van der Waals surface area contributed by atoms with Crippen molar-refractivity contribution < 1.29 is 23.5 Å². The molecule has 0 aliphatic rings. The number of esters is 1. The van der Waals surface area contributed by atoms with Crippen molar-refractivity contribution in [2.75, 3.05) is 12.4 Å². The average molecular weight is 383 g/mol. The molecular weight excluding hydrogens is 362 g/mol. The van der Waals surface area contributed by atoms with E-state index in [1.54, 1.807) is 19.2 Å². The normalized spacial score (nSPS) is 10.6. The lowest BCUT2D eigenvalue weighted by Gasteiger charge is -2.06. The Morgan fingerprint density at radius 1 is 1.18 bits per heavy atom. The van der Waals surface area contributed by atoms with Crippen LogP contribution < -0.4 is 10.1 Å². The van der Waals surface area contributed by atoms with Crippen LogP contribution in [0.1, 0.15) is 37.9 Å². The fraction of sp³-hybridized carbons (Fsp3) is 0.250. The molecule has 0 unspecified atom stereocenters. The number of rotatable bonds is 6. The molecule has 2 aromatic heterocycles. The molecule has 0 aliphatic heterocycles. The minimum Gasteiger partial charge on any atom is -0.486 e. The molecule has 0 atom stereocenters. The first kappa shape index (κ1) is 19.2. The Morgan fingerprint density at radius 2 is 1.89 bits per heavy atom. The van der Waals surface area contributed by atoms with Crippen molar-refractivity contribution in [2.45, 2.75) is 20.5 Å². The Bertz CT molecular complexity index is 999. The largest absolute Gasteiger partial charge is 0.486 e. The molecule has 0 bridgehead atoms. The zero-order valence-electron chi connectivity index (χ0n) is 16.1. The number of carbonyl (C=O) groups is 2. The third-order valence-corrected chi connectivity index (χ3v) is 3.92. The van der Waals surface area contributed by atoms with Gasteiger partial charge in [0.2, 0.25) is 0 Å². The maximum absolute atomic E-state index is 12.4. The first-order valence-electron chi connectivity index (χ1n) is 8.59. The molecule has 3 aromatic rings. The summed E-state index contributed by atoms with van der Waals surface area (Å²) in [6.07, 6.45) is 1.51. The number of aromatic nitrogens is 2. The summed E-state index contributed by atoms with van der Waals surface area (Å²) in [5, 5.41) is 6.59. The number of aryl methyl sites for hydroxylation is 3. The summed E-state index contributed by atoms with van der Waals surface area (Å²) in [7, 11) is 2.88. The van der Waals surface area contributed by atoms with E-state index >= 15 is 0 Å². The lowest BCUT2D eigenvalue weighted by atomic mass is 10.1. The molecule has 2 heterocycles. The highest BCUT2D eigenvalue weighted by Gasteiger charge is 2.20. The molecular formula is C20H21N3O5. The fourth-order valence-electron chi connectivity index (χ4n) is 2.76. The molecule has 1 aromatic carbocycles.